The van der Waals surface area contributed by atoms with Gasteiger partial charge in [-0.3, -0.25) is 24.2 Å². The van der Waals surface area contributed by atoms with Crippen LogP contribution in [0.25, 0.3) is 0 Å². The van der Waals surface area contributed by atoms with Crippen LogP contribution in [0.4, 0.5) is 17.5 Å². The zero-order valence-corrected chi connectivity index (χ0v) is 18.6. The Kier molecular flexibility index (Phi) is 6.43. The molecule has 174 valence electrons. The number of carbonyl (C=O) groups excluding carboxylic acids is 3. The Balaban J connectivity index is 1.54. The lowest BCUT2D eigenvalue weighted by molar-refractivity contribution is -0.148. The predicted molar refractivity (Wildman–Crippen MR) is 122 cm³/mol. The maximum absolute atomic E-state index is 13.0. The van der Waals surface area contributed by atoms with Gasteiger partial charge in [-0.2, -0.15) is 4.98 Å². The number of nitrogens with zero attached hydrogens (tertiary/aromatic N) is 2. The Bertz CT molecular complexity index is 1140. The molecule has 4 rings (SSSR count). The molecule has 1 aromatic heterocycles. The van der Waals surface area contributed by atoms with Gasteiger partial charge in [-0.1, -0.05) is 12.1 Å². The van der Waals surface area contributed by atoms with E-state index in [1.807, 2.05) is 30.0 Å². The molecule has 1 unspecified atom stereocenters. The molecule has 2 aromatic rings. The maximum atomic E-state index is 13.0. The maximum Gasteiger partial charge on any atom is 0.309 e. The number of benzene rings is 1. The predicted octanol–water partition coefficient (Wildman–Crippen LogP) is 1.92. The van der Waals surface area contributed by atoms with E-state index in [9.17, 15) is 19.2 Å². The average Bonchev–Trinajstić information content (AvgIpc) is 2.78. The highest BCUT2D eigenvalue weighted by Crippen LogP contribution is 2.31. The smallest absolute Gasteiger partial charge is 0.309 e. The largest absolute Gasteiger partial charge is 0.466 e. The molecule has 0 radical (unpaired) electrons. The topological polar surface area (TPSA) is 133 Å². The quantitative estimate of drug-likeness (QED) is 0.589. The van der Waals surface area contributed by atoms with Crippen LogP contribution in [-0.2, 0) is 19.1 Å². The van der Waals surface area contributed by atoms with Crippen LogP contribution in [0.1, 0.15) is 43.2 Å². The second kappa shape index (κ2) is 9.43. The molecule has 1 saturated heterocycles. The molecule has 0 saturated carbocycles. The van der Waals surface area contributed by atoms with Gasteiger partial charge >= 0.3 is 5.97 Å². The molecule has 1 atom stereocenters. The first-order valence-corrected chi connectivity index (χ1v) is 11.1. The molecule has 2 aliphatic heterocycles. The van der Waals surface area contributed by atoms with Gasteiger partial charge in [0.15, 0.2) is 0 Å². The zero-order chi connectivity index (χ0) is 23.5. The summed E-state index contributed by atoms with van der Waals surface area (Å²) < 4.78 is 5.09. The van der Waals surface area contributed by atoms with Crippen molar-refractivity contribution in [3.05, 3.63) is 45.7 Å². The number of aryl methyl sites for hydroxylation is 1. The monoisotopic (exact) mass is 453 g/mol. The summed E-state index contributed by atoms with van der Waals surface area (Å²) in [6.07, 6.45) is 1.01. The molecule has 1 aromatic carbocycles. The fourth-order valence-corrected chi connectivity index (χ4v) is 4.27. The number of H-pyrrole nitrogens is 1. The third-order valence-electron chi connectivity index (χ3n) is 5.96. The van der Waals surface area contributed by atoms with E-state index in [1.54, 1.807) is 13.0 Å². The van der Waals surface area contributed by atoms with E-state index < -0.39 is 17.4 Å². The van der Waals surface area contributed by atoms with Crippen LogP contribution in [0.3, 0.4) is 0 Å². The van der Waals surface area contributed by atoms with Crippen molar-refractivity contribution < 1.29 is 19.1 Å². The van der Waals surface area contributed by atoms with E-state index in [4.69, 9.17) is 4.74 Å². The first-order chi connectivity index (χ1) is 15.9. The second-order valence-electron chi connectivity index (χ2n) is 8.33. The van der Waals surface area contributed by atoms with Crippen LogP contribution >= 0.6 is 0 Å². The van der Waals surface area contributed by atoms with Gasteiger partial charge in [-0.25, -0.2) is 0 Å². The molecule has 0 bridgehead atoms. The number of anilines is 3. The lowest BCUT2D eigenvalue weighted by atomic mass is 9.92. The summed E-state index contributed by atoms with van der Waals surface area (Å²) >= 11 is 0. The molecule has 2 amide bonds. The van der Waals surface area contributed by atoms with Gasteiger partial charge in [0.2, 0.25) is 17.8 Å². The Labute approximate surface area is 190 Å². The number of amides is 2. The van der Waals surface area contributed by atoms with Crippen LogP contribution in [0.2, 0.25) is 0 Å². The molecule has 10 nitrogen and oxygen atoms in total. The van der Waals surface area contributed by atoms with E-state index in [-0.39, 0.29) is 35.6 Å². The molecule has 1 fully saturated rings. The number of ether oxygens (including phenoxy) is 1. The van der Waals surface area contributed by atoms with Gasteiger partial charge in [0.1, 0.15) is 5.82 Å². The normalized spacial score (nSPS) is 18.3. The summed E-state index contributed by atoms with van der Waals surface area (Å²) in [5.41, 5.74) is 1.25. The van der Waals surface area contributed by atoms with Crippen molar-refractivity contribution in [1.29, 1.82) is 0 Å². The number of hydrogen-bond acceptors (Lipinski definition) is 7. The van der Waals surface area contributed by atoms with Crippen LogP contribution in [0.5, 0.6) is 0 Å². The molecule has 10 heteroatoms. The molecule has 3 heterocycles. The number of aromatic amines is 1. The van der Waals surface area contributed by atoms with Gasteiger partial charge in [-0.15, -0.1) is 0 Å². The van der Waals surface area contributed by atoms with E-state index in [2.05, 4.69) is 20.6 Å². The first kappa shape index (κ1) is 22.5. The highest BCUT2D eigenvalue weighted by Gasteiger charge is 2.36. The van der Waals surface area contributed by atoms with Crippen molar-refractivity contribution in [1.82, 2.24) is 9.97 Å². The highest BCUT2D eigenvalue weighted by molar-refractivity contribution is 6.04. The van der Waals surface area contributed by atoms with Crippen LogP contribution in [0.15, 0.2) is 29.1 Å². The number of piperidine rings is 1. The molecule has 3 N–H and O–H groups in total. The summed E-state index contributed by atoms with van der Waals surface area (Å²) in [5, 5.41) is 5.42. The number of fused-ring (bicyclic) bond motifs is 1. The Morgan fingerprint density at radius 3 is 2.70 bits per heavy atom. The molecule has 0 spiro atoms. The Hall–Kier alpha value is -3.69. The van der Waals surface area contributed by atoms with E-state index in [0.29, 0.717) is 44.2 Å². The fraction of sp³-hybridized carbons (Fsp3) is 0.435. The molecular weight excluding hydrogens is 426 g/mol. The molecule has 2 aliphatic rings. The van der Waals surface area contributed by atoms with Gasteiger partial charge in [-0.05, 0) is 44.4 Å². The van der Waals surface area contributed by atoms with Crippen LogP contribution < -0.4 is 21.1 Å². The van der Waals surface area contributed by atoms with Crippen molar-refractivity contribution in [3.63, 3.8) is 0 Å². The summed E-state index contributed by atoms with van der Waals surface area (Å²) in [6, 6.07) is 7.29. The van der Waals surface area contributed by atoms with Crippen molar-refractivity contribution in [2.45, 2.75) is 39.0 Å². The van der Waals surface area contributed by atoms with Gasteiger partial charge in [0, 0.05) is 25.2 Å². The molecule has 0 aliphatic carbocycles. The number of hydrogen-bond donors (Lipinski definition) is 3. The van der Waals surface area contributed by atoms with Crippen LogP contribution in [-0.4, -0.2) is 47.4 Å². The minimum Gasteiger partial charge on any atom is -0.466 e. The SMILES string of the molecule is CCOC(=O)C1CCN(c2nc3c(c(=O)[nH]2)C(C(=O)Nc2cccc(C)c2)CC(=O)N3)CC1. The molecular formula is C23H27N5O5. The number of carbonyl (C=O) groups is 3. The van der Waals surface area contributed by atoms with E-state index >= 15 is 0 Å². The third kappa shape index (κ3) is 4.89. The lowest BCUT2D eigenvalue weighted by Gasteiger charge is -2.32. The van der Waals surface area contributed by atoms with Crippen molar-refractivity contribution in [2.75, 3.05) is 35.2 Å². The number of aromatic nitrogens is 2. The summed E-state index contributed by atoms with van der Waals surface area (Å²) in [4.78, 5) is 59.3. The first-order valence-electron chi connectivity index (χ1n) is 11.1. The van der Waals surface area contributed by atoms with Crippen molar-refractivity contribution in [3.8, 4) is 0 Å². The van der Waals surface area contributed by atoms with Gasteiger partial charge in [0.25, 0.3) is 5.56 Å². The average molecular weight is 453 g/mol. The second-order valence-corrected chi connectivity index (χ2v) is 8.33. The number of esters is 1. The minimum atomic E-state index is -0.950. The van der Waals surface area contributed by atoms with Crippen LogP contribution in [0, 0.1) is 12.8 Å². The Morgan fingerprint density at radius 2 is 2.00 bits per heavy atom. The van der Waals surface area contributed by atoms with E-state index in [0.717, 1.165) is 5.56 Å². The lowest BCUT2D eigenvalue weighted by Crippen LogP contribution is -2.41. The summed E-state index contributed by atoms with van der Waals surface area (Å²) in [6.45, 7) is 5.05. The summed E-state index contributed by atoms with van der Waals surface area (Å²) in [5.74, 6) is -1.75. The standard InChI is InChI=1S/C23H27N5O5/c1-3-33-22(32)14-7-9-28(10-8-14)23-26-19-18(21(31)27-23)16(12-17(29)25-19)20(30)24-15-6-4-5-13(2)11-15/h4-6,11,14,16H,3,7-10,12H2,1-2H3,(H,24,30)(H2,25,26,27,29,31). The Morgan fingerprint density at radius 1 is 1.24 bits per heavy atom. The zero-order valence-electron chi connectivity index (χ0n) is 18.6. The minimum absolute atomic E-state index is 0.0990. The van der Waals surface area contributed by atoms with Gasteiger partial charge < -0.3 is 20.3 Å². The highest BCUT2D eigenvalue weighted by atomic mass is 16.5. The molecule has 33 heavy (non-hydrogen) atoms. The number of nitrogens with one attached hydrogen (secondary N) is 3. The summed E-state index contributed by atoms with van der Waals surface area (Å²) in [7, 11) is 0. The third-order valence-corrected chi connectivity index (χ3v) is 5.96. The van der Waals surface area contributed by atoms with Crippen molar-refractivity contribution in [2.24, 2.45) is 5.92 Å². The number of rotatable bonds is 5. The fourth-order valence-electron chi connectivity index (χ4n) is 4.27. The van der Waals surface area contributed by atoms with E-state index in [1.165, 1.54) is 0 Å². The van der Waals surface area contributed by atoms with Crippen molar-refractivity contribution >= 4 is 35.2 Å². The van der Waals surface area contributed by atoms with Gasteiger partial charge in [0.05, 0.1) is 24.0 Å².